The maximum Gasteiger partial charge on any atom is 0.134 e. The molecular formula is C16H17ClNO+. The molecule has 19 heavy (non-hydrogen) atoms. The van der Waals surface area contributed by atoms with E-state index in [1.54, 1.807) is 0 Å². The number of fused-ring (bicyclic) bond motifs is 1. The molecule has 3 heteroatoms. The normalized spacial score (nSPS) is 18.7. The molecular weight excluding hydrogens is 258 g/mol. The molecule has 0 saturated carbocycles. The molecule has 98 valence electrons. The molecule has 1 unspecified atom stereocenters. The molecule has 2 aromatic carbocycles. The van der Waals surface area contributed by atoms with E-state index in [0.29, 0.717) is 10.9 Å². The first-order valence-electron chi connectivity index (χ1n) is 6.63. The first-order chi connectivity index (χ1) is 9.25. The maximum atomic E-state index is 9.89. The van der Waals surface area contributed by atoms with Crippen molar-refractivity contribution < 1.29 is 10.4 Å². The van der Waals surface area contributed by atoms with Gasteiger partial charge in [-0.3, -0.25) is 0 Å². The highest BCUT2D eigenvalue weighted by molar-refractivity contribution is 6.32. The van der Waals surface area contributed by atoms with E-state index in [-0.39, 0.29) is 5.75 Å². The number of quaternary nitrogens is 1. The Morgan fingerprint density at radius 1 is 1.16 bits per heavy atom. The van der Waals surface area contributed by atoms with Crippen LogP contribution in [0.1, 0.15) is 22.6 Å². The predicted octanol–water partition coefficient (Wildman–Crippen LogP) is 2.30. The number of phenolic OH excluding ortho intramolecular Hbond substituents is 1. The van der Waals surface area contributed by atoms with E-state index >= 15 is 0 Å². The van der Waals surface area contributed by atoms with Crippen molar-refractivity contribution in [3.63, 3.8) is 0 Å². The Kier molecular flexibility index (Phi) is 3.45. The van der Waals surface area contributed by atoms with Crippen LogP contribution >= 0.6 is 11.6 Å². The molecule has 0 fully saturated rings. The van der Waals surface area contributed by atoms with Gasteiger partial charge in [-0.05, 0) is 28.8 Å². The average Bonchev–Trinajstić information content (AvgIpc) is 2.63. The van der Waals surface area contributed by atoms with Crippen molar-refractivity contribution in [3.8, 4) is 5.75 Å². The summed E-state index contributed by atoms with van der Waals surface area (Å²) < 4.78 is 0. The van der Waals surface area contributed by atoms with Gasteiger partial charge in [0.05, 0.1) is 24.0 Å². The largest absolute Gasteiger partial charge is 0.506 e. The van der Waals surface area contributed by atoms with Gasteiger partial charge in [0.15, 0.2) is 0 Å². The Balaban J connectivity index is 2.11. The van der Waals surface area contributed by atoms with E-state index in [2.05, 4.69) is 29.6 Å². The van der Waals surface area contributed by atoms with Gasteiger partial charge in [-0.2, -0.15) is 0 Å². The standard InChI is InChI=1S/C16H16ClNO/c17-15-8-12-6-7-18-10-14(13(12)9-16(15)19)11-4-2-1-3-5-11/h1-5,8-9,14,18-19H,6-7,10H2/p+1. The van der Waals surface area contributed by atoms with Crippen LogP contribution in [0.15, 0.2) is 42.5 Å². The number of benzene rings is 2. The summed E-state index contributed by atoms with van der Waals surface area (Å²) in [6.45, 7) is 2.08. The van der Waals surface area contributed by atoms with E-state index in [4.69, 9.17) is 11.6 Å². The van der Waals surface area contributed by atoms with Gasteiger partial charge in [0.25, 0.3) is 0 Å². The fourth-order valence-electron chi connectivity index (χ4n) is 2.83. The van der Waals surface area contributed by atoms with Crippen LogP contribution in [0.4, 0.5) is 0 Å². The highest BCUT2D eigenvalue weighted by Crippen LogP contribution is 2.34. The Morgan fingerprint density at radius 2 is 1.95 bits per heavy atom. The monoisotopic (exact) mass is 274 g/mol. The zero-order valence-corrected chi connectivity index (χ0v) is 11.4. The van der Waals surface area contributed by atoms with Crippen LogP contribution in [0.2, 0.25) is 5.02 Å². The molecule has 0 radical (unpaired) electrons. The summed E-state index contributed by atoms with van der Waals surface area (Å²) in [5.74, 6) is 0.505. The molecule has 0 amide bonds. The Morgan fingerprint density at radius 3 is 2.74 bits per heavy atom. The molecule has 3 N–H and O–H groups in total. The second-order valence-electron chi connectivity index (χ2n) is 5.03. The molecule has 0 bridgehead atoms. The Labute approximate surface area is 118 Å². The Bertz CT molecular complexity index is 583. The van der Waals surface area contributed by atoms with Gasteiger partial charge in [-0.1, -0.05) is 41.9 Å². The van der Waals surface area contributed by atoms with Crippen molar-refractivity contribution >= 4 is 11.6 Å². The van der Waals surface area contributed by atoms with Crippen LogP contribution in [0.3, 0.4) is 0 Å². The molecule has 0 aliphatic carbocycles. The summed E-state index contributed by atoms with van der Waals surface area (Å²) in [7, 11) is 0. The van der Waals surface area contributed by atoms with Crippen LogP contribution in [0, 0.1) is 0 Å². The lowest BCUT2D eigenvalue weighted by molar-refractivity contribution is -0.654. The highest BCUT2D eigenvalue weighted by atomic mass is 35.5. The molecule has 2 nitrogen and oxygen atoms in total. The summed E-state index contributed by atoms with van der Waals surface area (Å²) >= 11 is 6.03. The predicted molar refractivity (Wildman–Crippen MR) is 76.8 cm³/mol. The van der Waals surface area contributed by atoms with E-state index in [0.717, 1.165) is 19.5 Å². The zero-order valence-electron chi connectivity index (χ0n) is 10.6. The number of halogens is 1. The minimum Gasteiger partial charge on any atom is -0.506 e. The smallest absolute Gasteiger partial charge is 0.134 e. The quantitative estimate of drug-likeness (QED) is 0.823. The van der Waals surface area contributed by atoms with Crippen LogP contribution < -0.4 is 5.32 Å². The fraction of sp³-hybridized carbons (Fsp3) is 0.250. The van der Waals surface area contributed by atoms with Gasteiger partial charge in [-0.15, -0.1) is 0 Å². The van der Waals surface area contributed by atoms with Crippen molar-refractivity contribution in [2.24, 2.45) is 0 Å². The zero-order chi connectivity index (χ0) is 13.2. The number of phenols is 1. The topological polar surface area (TPSA) is 36.8 Å². The lowest BCUT2D eigenvalue weighted by atomic mass is 9.88. The molecule has 0 saturated heterocycles. The summed E-state index contributed by atoms with van der Waals surface area (Å²) in [5.41, 5.74) is 3.76. The summed E-state index contributed by atoms with van der Waals surface area (Å²) in [6, 6.07) is 14.2. The van der Waals surface area contributed by atoms with Gasteiger partial charge in [-0.25, -0.2) is 0 Å². The molecule has 0 aromatic heterocycles. The van der Waals surface area contributed by atoms with Gasteiger partial charge < -0.3 is 10.4 Å². The third-order valence-corrected chi connectivity index (χ3v) is 4.11. The third kappa shape index (κ3) is 2.46. The molecule has 1 aliphatic rings. The number of rotatable bonds is 1. The molecule has 0 spiro atoms. The first-order valence-corrected chi connectivity index (χ1v) is 7.01. The van der Waals surface area contributed by atoms with Crippen LogP contribution in [-0.2, 0) is 6.42 Å². The second-order valence-corrected chi connectivity index (χ2v) is 5.44. The Hall–Kier alpha value is -1.51. The van der Waals surface area contributed by atoms with Crippen molar-refractivity contribution in [2.45, 2.75) is 12.3 Å². The van der Waals surface area contributed by atoms with E-state index in [9.17, 15) is 5.11 Å². The van der Waals surface area contributed by atoms with Gasteiger partial charge >= 0.3 is 0 Å². The third-order valence-electron chi connectivity index (χ3n) is 3.81. The van der Waals surface area contributed by atoms with Crippen molar-refractivity contribution in [1.29, 1.82) is 0 Å². The average molecular weight is 275 g/mol. The van der Waals surface area contributed by atoms with E-state index in [1.165, 1.54) is 16.7 Å². The first kappa shape index (κ1) is 12.5. The number of aromatic hydroxyl groups is 1. The second kappa shape index (κ2) is 5.24. The fourth-order valence-corrected chi connectivity index (χ4v) is 3.02. The number of hydrogen-bond donors (Lipinski definition) is 2. The number of nitrogens with two attached hydrogens (primary N) is 1. The maximum absolute atomic E-state index is 9.89. The van der Waals surface area contributed by atoms with Gasteiger partial charge in [0.1, 0.15) is 5.75 Å². The summed E-state index contributed by atoms with van der Waals surface area (Å²) in [5, 5.41) is 12.7. The minimum absolute atomic E-state index is 0.184. The van der Waals surface area contributed by atoms with Crippen LogP contribution in [-0.4, -0.2) is 18.2 Å². The van der Waals surface area contributed by atoms with Gasteiger partial charge in [0.2, 0.25) is 0 Å². The summed E-state index contributed by atoms with van der Waals surface area (Å²) in [4.78, 5) is 0. The van der Waals surface area contributed by atoms with Crippen LogP contribution in [0.25, 0.3) is 0 Å². The van der Waals surface area contributed by atoms with Crippen molar-refractivity contribution in [2.75, 3.05) is 13.1 Å². The molecule has 2 aromatic rings. The SMILES string of the molecule is Oc1cc2c(cc1Cl)CC[NH2+]CC2c1ccccc1. The lowest BCUT2D eigenvalue weighted by Gasteiger charge is -2.17. The van der Waals surface area contributed by atoms with Crippen LogP contribution in [0.5, 0.6) is 5.75 Å². The highest BCUT2D eigenvalue weighted by Gasteiger charge is 2.23. The molecule has 1 atom stereocenters. The number of hydrogen-bond acceptors (Lipinski definition) is 1. The van der Waals surface area contributed by atoms with E-state index in [1.807, 2.05) is 18.2 Å². The molecule has 3 rings (SSSR count). The van der Waals surface area contributed by atoms with Gasteiger partial charge in [0, 0.05) is 6.42 Å². The summed E-state index contributed by atoms with van der Waals surface area (Å²) in [6.07, 6.45) is 0.999. The lowest BCUT2D eigenvalue weighted by Crippen LogP contribution is -2.85. The minimum atomic E-state index is 0.184. The molecule has 1 aliphatic heterocycles. The van der Waals surface area contributed by atoms with E-state index < -0.39 is 0 Å². The van der Waals surface area contributed by atoms with Crippen molar-refractivity contribution in [3.05, 3.63) is 64.2 Å². The van der Waals surface area contributed by atoms with Crippen molar-refractivity contribution in [1.82, 2.24) is 0 Å². The molecule has 1 heterocycles.